The van der Waals surface area contributed by atoms with E-state index in [1.807, 2.05) is 84.9 Å². The highest BCUT2D eigenvalue weighted by atomic mass is 16.5. The van der Waals surface area contributed by atoms with Gasteiger partial charge in [-0.05, 0) is 53.4 Å². The summed E-state index contributed by atoms with van der Waals surface area (Å²) in [5.74, 6) is 0.267. The number of carbonyl (C=O) groups excluding carboxylic acids is 2. The number of hydrogen-bond donors (Lipinski definition) is 2. The maximum Gasteiger partial charge on any atom is 0.262 e. The summed E-state index contributed by atoms with van der Waals surface area (Å²) in [5.41, 5.74) is 4.55. The molecule has 0 aliphatic heterocycles. The van der Waals surface area contributed by atoms with Crippen molar-refractivity contribution in [3.05, 3.63) is 115 Å². The average molecular weight is 451 g/mol. The second-order valence-electron chi connectivity index (χ2n) is 7.84. The van der Waals surface area contributed by atoms with Crippen LogP contribution in [0.1, 0.15) is 12.0 Å². The van der Waals surface area contributed by atoms with E-state index in [2.05, 4.69) is 10.6 Å². The predicted octanol–water partition coefficient (Wildman–Crippen LogP) is 5.94. The van der Waals surface area contributed by atoms with Crippen molar-refractivity contribution in [2.45, 2.75) is 12.8 Å². The van der Waals surface area contributed by atoms with Gasteiger partial charge in [0.05, 0.1) is 0 Å². The van der Waals surface area contributed by atoms with Gasteiger partial charge in [0.15, 0.2) is 6.61 Å². The molecule has 2 N–H and O–H groups in total. The minimum absolute atomic E-state index is 0.0744. The second-order valence-corrected chi connectivity index (χ2v) is 7.84. The lowest BCUT2D eigenvalue weighted by Crippen LogP contribution is -2.20. The van der Waals surface area contributed by atoms with E-state index in [0.29, 0.717) is 30.0 Å². The molecule has 4 aromatic carbocycles. The van der Waals surface area contributed by atoms with Crippen LogP contribution in [-0.4, -0.2) is 18.4 Å². The molecule has 0 aliphatic rings. The van der Waals surface area contributed by atoms with Crippen LogP contribution in [0.3, 0.4) is 0 Å². The van der Waals surface area contributed by atoms with Crippen molar-refractivity contribution in [3.63, 3.8) is 0 Å². The Kier molecular flexibility index (Phi) is 7.70. The number of ether oxygens (including phenoxy) is 1. The van der Waals surface area contributed by atoms with Crippen molar-refractivity contribution in [1.29, 1.82) is 0 Å². The third-order valence-corrected chi connectivity index (χ3v) is 5.25. The number of benzene rings is 4. The van der Waals surface area contributed by atoms with Gasteiger partial charge in [-0.2, -0.15) is 0 Å². The number of rotatable bonds is 9. The van der Waals surface area contributed by atoms with E-state index in [1.54, 1.807) is 24.3 Å². The fourth-order valence-electron chi connectivity index (χ4n) is 3.52. The van der Waals surface area contributed by atoms with Crippen molar-refractivity contribution >= 4 is 23.2 Å². The zero-order valence-corrected chi connectivity index (χ0v) is 18.7. The van der Waals surface area contributed by atoms with E-state index in [9.17, 15) is 9.59 Å². The smallest absolute Gasteiger partial charge is 0.262 e. The summed E-state index contributed by atoms with van der Waals surface area (Å²) < 4.78 is 5.62. The van der Waals surface area contributed by atoms with Crippen molar-refractivity contribution in [3.8, 4) is 16.9 Å². The number of nitrogens with one attached hydrogen (secondary N) is 2. The monoisotopic (exact) mass is 450 g/mol. The first kappa shape index (κ1) is 22.8. The Bertz CT molecular complexity index is 1220. The van der Waals surface area contributed by atoms with Crippen LogP contribution in [0.15, 0.2) is 109 Å². The summed E-state index contributed by atoms with van der Waals surface area (Å²) in [7, 11) is 0. The van der Waals surface area contributed by atoms with Gasteiger partial charge in [-0.25, -0.2) is 0 Å². The van der Waals surface area contributed by atoms with Gasteiger partial charge >= 0.3 is 0 Å². The quantitative estimate of drug-likeness (QED) is 0.331. The van der Waals surface area contributed by atoms with Crippen molar-refractivity contribution in [2.24, 2.45) is 0 Å². The lowest BCUT2D eigenvalue weighted by Gasteiger charge is -2.10. The highest BCUT2D eigenvalue weighted by Crippen LogP contribution is 2.22. The largest absolute Gasteiger partial charge is 0.484 e. The van der Waals surface area contributed by atoms with E-state index < -0.39 is 0 Å². The summed E-state index contributed by atoms with van der Waals surface area (Å²) >= 11 is 0. The maximum absolute atomic E-state index is 12.3. The number of aryl methyl sites for hydroxylation is 1. The molecular formula is C29H26N2O3. The average Bonchev–Trinajstić information content (AvgIpc) is 2.88. The van der Waals surface area contributed by atoms with Crippen molar-refractivity contribution in [1.82, 2.24) is 0 Å². The summed E-state index contributed by atoms with van der Waals surface area (Å²) in [6.45, 7) is -0.113. The molecule has 0 saturated carbocycles. The number of amides is 2. The summed E-state index contributed by atoms with van der Waals surface area (Å²) in [5, 5.41) is 5.69. The van der Waals surface area contributed by atoms with Crippen LogP contribution < -0.4 is 15.4 Å². The van der Waals surface area contributed by atoms with Crippen molar-refractivity contribution < 1.29 is 14.3 Å². The van der Waals surface area contributed by atoms with Crippen LogP contribution >= 0.6 is 0 Å². The molecule has 0 bridgehead atoms. The molecule has 170 valence electrons. The SMILES string of the molecule is O=C(CCc1ccccc1)Nc1cccc(NC(=O)COc2ccc(-c3ccccc3)cc2)c1. The molecule has 4 rings (SSSR count). The number of anilines is 2. The minimum Gasteiger partial charge on any atom is -0.484 e. The maximum atomic E-state index is 12.3. The Morgan fingerprint density at radius 1 is 0.618 bits per heavy atom. The first-order valence-corrected chi connectivity index (χ1v) is 11.2. The topological polar surface area (TPSA) is 67.4 Å². The normalized spacial score (nSPS) is 10.4. The molecule has 34 heavy (non-hydrogen) atoms. The van der Waals surface area contributed by atoms with E-state index in [1.165, 1.54) is 0 Å². The van der Waals surface area contributed by atoms with Crippen molar-refractivity contribution in [2.75, 3.05) is 17.2 Å². The molecular weight excluding hydrogens is 424 g/mol. The zero-order valence-electron chi connectivity index (χ0n) is 18.7. The van der Waals surface area contributed by atoms with Crippen LogP contribution in [-0.2, 0) is 16.0 Å². The molecule has 5 heteroatoms. The third-order valence-electron chi connectivity index (χ3n) is 5.25. The fraction of sp³-hybridized carbons (Fsp3) is 0.103. The van der Waals surface area contributed by atoms with E-state index in [4.69, 9.17) is 4.74 Å². The van der Waals surface area contributed by atoms with Gasteiger partial charge in [-0.3, -0.25) is 9.59 Å². The molecule has 0 atom stereocenters. The Labute approximate surface area is 199 Å². The summed E-state index contributed by atoms with van der Waals surface area (Å²) in [6.07, 6.45) is 1.06. The molecule has 0 fully saturated rings. The Morgan fingerprint density at radius 3 is 1.88 bits per heavy atom. The van der Waals surface area contributed by atoms with Gasteiger partial charge in [-0.1, -0.05) is 78.9 Å². The second kappa shape index (κ2) is 11.5. The Hall–Kier alpha value is -4.38. The lowest BCUT2D eigenvalue weighted by atomic mass is 10.1. The first-order valence-electron chi connectivity index (χ1n) is 11.2. The van der Waals surface area contributed by atoms with Gasteiger partial charge in [0.25, 0.3) is 5.91 Å². The number of carbonyl (C=O) groups is 2. The Morgan fingerprint density at radius 2 is 1.21 bits per heavy atom. The molecule has 0 aliphatic carbocycles. The molecule has 4 aromatic rings. The van der Waals surface area contributed by atoms with Gasteiger partial charge in [0, 0.05) is 17.8 Å². The van der Waals surface area contributed by atoms with E-state index in [-0.39, 0.29) is 18.4 Å². The standard InChI is InChI=1S/C29H26N2O3/c32-28(19-14-22-8-3-1-4-9-22)30-25-12-7-13-26(20-25)31-29(33)21-34-27-17-15-24(16-18-27)23-10-5-2-6-11-23/h1-13,15-18,20H,14,19,21H2,(H,30,32)(H,31,33). The molecule has 0 aromatic heterocycles. The van der Waals surface area contributed by atoms with E-state index in [0.717, 1.165) is 16.7 Å². The minimum atomic E-state index is -0.278. The molecule has 0 unspecified atom stereocenters. The highest BCUT2D eigenvalue weighted by molar-refractivity contribution is 5.94. The van der Waals surface area contributed by atoms with Gasteiger partial charge < -0.3 is 15.4 Å². The van der Waals surface area contributed by atoms with Gasteiger partial charge in [0.1, 0.15) is 5.75 Å². The van der Waals surface area contributed by atoms with Crippen LogP contribution in [0.5, 0.6) is 5.75 Å². The van der Waals surface area contributed by atoms with Gasteiger partial charge in [0.2, 0.25) is 5.91 Å². The Balaban J connectivity index is 1.25. The molecule has 5 nitrogen and oxygen atoms in total. The molecule has 0 spiro atoms. The van der Waals surface area contributed by atoms with Crippen LogP contribution in [0, 0.1) is 0 Å². The zero-order chi connectivity index (χ0) is 23.6. The van der Waals surface area contributed by atoms with E-state index >= 15 is 0 Å². The molecule has 0 radical (unpaired) electrons. The molecule has 0 heterocycles. The van der Waals surface area contributed by atoms with Crippen LogP contribution in [0.25, 0.3) is 11.1 Å². The predicted molar refractivity (Wildman–Crippen MR) is 136 cm³/mol. The highest BCUT2D eigenvalue weighted by Gasteiger charge is 2.07. The van der Waals surface area contributed by atoms with Crippen LogP contribution in [0.4, 0.5) is 11.4 Å². The lowest BCUT2D eigenvalue weighted by molar-refractivity contribution is -0.118. The third kappa shape index (κ3) is 6.81. The fourth-order valence-corrected chi connectivity index (χ4v) is 3.52. The summed E-state index contributed by atoms with van der Waals surface area (Å²) in [4.78, 5) is 24.6. The summed E-state index contributed by atoms with van der Waals surface area (Å²) in [6, 6.07) is 34.6. The molecule has 2 amide bonds. The first-order chi connectivity index (χ1) is 16.7. The molecule has 0 saturated heterocycles. The van der Waals surface area contributed by atoms with Gasteiger partial charge in [-0.15, -0.1) is 0 Å². The number of hydrogen-bond acceptors (Lipinski definition) is 3. The van der Waals surface area contributed by atoms with Crippen LogP contribution in [0.2, 0.25) is 0 Å².